The van der Waals surface area contributed by atoms with Gasteiger partial charge in [-0.3, -0.25) is 14.5 Å². The largest absolute Gasteiger partial charge is 0.383 e. The van der Waals surface area contributed by atoms with Crippen molar-refractivity contribution < 1.29 is 0 Å². The Kier molecular flexibility index (Phi) is 6.86. The Hall–Kier alpha value is -5.73. The van der Waals surface area contributed by atoms with Gasteiger partial charge in [0.2, 0.25) is 5.82 Å². The van der Waals surface area contributed by atoms with Crippen molar-refractivity contribution in [3.63, 3.8) is 0 Å². The van der Waals surface area contributed by atoms with E-state index < -0.39 is 0 Å². The molecule has 1 aliphatic rings. The van der Waals surface area contributed by atoms with Gasteiger partial charge < -0.3 is 10.6 Å². The quantitative estimate of drug-likeness (QED) is 0.314. The van der Waals surface area contributed by atoms with Crippen LogP contribution in [0.25, 0.3) is 39.5 Å². The summed E-state index contributed by atoms with van der Waals surface area (Å²) in [5, 5.41) is 9.12. The second-order valence-corrected chi connectivity index (χ2v) is 10.3. The molecule has 1 saturated heterocycles. The molecular weight excluding hydrogens is 538 g/mol. The first-order chi connectivity index (χ1) is 21.2. The van der Waals surface area contributed by atoms with Gasteiger partial charge in [0, 0.05) is 68.8 Å². The Morgan fingerprint density at radius 2 is 1.65 bits per heavy atom. The van der Waals surface area contributed by atoms with Gasteiger partial charge in [0.1, 0.15) is 23.2 Å². The second-order valence-electron chi connectivity index (χ2n) is 10.3. The Morgan fingerprint density at radius 3 is 2.42 bits per heavy atom. The number of pyridine rings is 3. The van der Waals surface area contributed by atoms with Crippen molar-refractivity contribution in [2.45, 2.75) is 6.54 Å². The number of nitriles is 1. The van der Waals surface area contributed by atoms with Crippen molar-refractivity contribution in [1.29, 1.82) is 5.26 Å². The van der Waals surface area contributed by atoms with E-state index in [9.17, 15) is 0 Å². The Bertz CT molecular complexity index is 1940. The monoisotopic (exact) mass is 565 g/mol. The SMILES string of the molecule is N#Cc1nccc(N2CCN(Cc3ccc(-n4c(-c5cccnc5N)nc5ccc(-c6cccnc6)nc54)cc3)CC2)n1. The van der Waals surface area contributed by atoms with Gasteiger partial charge in [-0.1, -0.05) is 12.1 Å². The minimum absolute atomic E-state index is 0.198. The smallest absolute Gasteiger partial charge is 0.234 e. The van der Waals surface area contributed by atoms with Crippen LogP contribution in [-0.2, 0) is 6.54 Å². The predicted octanol–water partition coefficient (Wildman–Crippen LogP) is 4.11. The molecule has 0 radical (unpaired) electrons. The van der Waals surface area contributed by atoms with Crippen LogP contribution in [0.2, 0.25) is 0 Å². The maximum absolute atomic E-state index is 9.12. The van der Waals surface area contributed by atoms with E-state index in [0.29, 0.717) is 11.6 Å². The van der Waals surface area contributed by atoms with Gasteiger partial charge in [-0.05, 0) is 60.2 Å². The fraction of sp³-hybridized carbons (Fsp3) is 0.156. The number of fused-ring (bicyclic) bond motifs is 1. The molecule has 0 spiro atoms. The molecule has 210 valence electrons. The van der Waals surface area contributed by atoms with Crippen molar-refractivity contribution in [1.82, 2.24) is 39.4 Å². The Balaban J connectivity index is 1.17. The summed E-state index contributed by atoms with van der Waals surface area (Å²) in [7, 11) is 0. The zero-order chi connectivity index (χ0) is 29.2. The number of aromatic nitrogens is 7. The van der Waals surface area contributed by atoms with Crippen LogP contribution >= 0.6 is 0 Å². The molecule has 11 nitrogen and oxygen atoms in total. The van der Waals surface area contributed by atoms with Crippen LogP contribution in [0.15, 0.2) is 91.5 Å². The zero-order valence-electron chi connectivity index (χ0n) is 23.2. The van der Waals surface area contributed by atoms with Gasteiger partial charge in [-0.25, -0.2) is 24.9 Å². The summed E-state index contributed by atoms with van der Waals surface area (Å²) in [6, 6.07) is 24.0. The molecule has 0 unspecified atom stereocenters. The van der Waals surface area contributed by atoms with Gasteiger partial charge in [-0.2, -0.15) is 5.26 Å². The number of imidazole rings is 1. The van der Waals surface area contributed by atoms with E-state index in [2.05, 4.69) is 54.0 Å². The summed E-state index contributed by atoms with van der Waals surface area (Å²) in [4.78, 5) is 31.5. The van der Waals surface area contributed by atoms with Crippen LogP contribution in [0.3, 0.4) is 0 Å². The number of nitrogens with zero attached hydrogens (tertiary/aromatic N) is 10. The average molecular weight is 566 g/mol. The highest BCUT2D eigenvalue weighted by Gasteiger charge is 2.21. The predicted molar refractivity (Wildman–Crippen MR) is 164 cm³/mol. The number of hydrogen-bond donors (Lipinski definition) is 1. The van der Waals surface area contributed by atoms with Crippen molar-refractivity contribution in [2.75, 3.05) is 36.8 Å². The molecule has 0 amide bonds. The van der Waals surface area contributed by atoms with E-state index in [0.717, 1.165) is 72.2 Å². The molecule has 1 aliphatic heterocycles. The van der Waals surface area contributed by atoms with E-state index >= 15 is 0 Å². The number of anilines is 2. The van der Waals surface area contributed by atoms with E-state index in [1.54, 1.807) is 24.8 Å². The third-order valence-electron chi connectivity index (χ3n) is 7.58. The number of piperazine rings is 1. The van der Waals surface area contributed by atoms with Gasteiger partial charge >= 0.3 is 0 Å². The van der Waals surface area contributed by atoms with Gasteiger partial charge in [0.25, 0.3) is 0 Å². The zero-order valence-corrected chi connectivity index (χ0v) is 23.2. The topological polar surface area (TPSA) is 139 Å². The maximum atomic E-state index is 9.12. The molecule has 0 atom stereocenters. The van der Waals surface area contributed by atoms with E-state index in [1.165, 1.54) is 5.56 Å². The fourth-order valence-corrected chi connectivity index (χ4v) is 5.39. The van der Waals surface area contributed by atoms with Crippen molar-refractivity contribution in [3.05, 3.63) is 103 Å². The molecule has 7 rings (SSSR count). The van der Waals surface area contributed by atoms with Crippen LogP contribution in [0, 0.1) is 11.3 Å². The molecule has 1 fully saturated rings. The minimum Gasteiger partial charge on any atom is -0.383 e. The molecule has 0 saturated carbocycles. The normalized spacial score (nSPS) is 13.7. The third kappa shape index (κ3) is 5.23. The van der Waals surface area contributed by atoms with Gasteiger partial charge in [-0.15, -0.1) is 0 Å². The first-order valence-corrected chi connectivity index (χ1v) is 14.0. The van der Waals surface area contributed by atoms with E-state index in [1.807, 2.05) is 53.1 Å². The first-order valence-electron chi connectivity index (χ1n) is 14.0. The molecular formula is C32H27N11. The lowest BCUT2D eigenvalue weighted by Gasteiger charge is -2.35. The lowest BCUT2D eigenvalue weighted by atomic mass is 10.1. The number of benzene rings is 1. The number of hydrogen-bond acceptors (Lipinski definition) is 10. The lowest BCUT2D eigenvalue weighted by Crippen LogP contribution is -2.46. The van der Waals surface area contributed by atoms with Crippen molar-refractivity contribution in [2.24, 2.45) is 0 Å². The highest BCUT2D eigenvalue weighted by atomic mass is 15.3. The van der Waals surface area contributed by atoms with Crippen LogP contribution in [-0.4, -0.2) is 65.5 Å². The van der Waals surface area contributed by atoms with E-state index in [-0.39, 0.29) is 5.82 Å². The van der Waals surface area contributed by atoms with Crippen LogP contribution < -0.4 is 10.6 Å². The van der Waals surface area contributed by atoms with Crippen LogP contribution in [0.4, 0.5) is 11.6 Å². The second kappa shape index (κ2) is 11.3. The molecule has 11 heteroatoms. The minimum atomic E-state index is 0.198. The number of rotatable bonds is 6. The summed E-state index contributed by atoms with van der Waals surface area (Å²) in [6.07, 6.45) is 6.87. The summed E-state index contributed by atoms with van der Waals surface area (Å²) >= 11 is 0. The summed E-state index contributed by atoms with van der Waals surface area (Å²) in [5.41, 5.74) is 12.4. The maximum Gasteiger partial charge on any atom is 0.234 e. The molecule has 5 aromatic heterocycles. The van der Waals surface area contributed by atoms with Gasteiger partial charge in [0.05, 0.1) is 11.3 Å². The van der Waals surface area contributed by atoms with Crippen molar-refractivity contribution >= 4 is 22.8 Å². The average Bonchev–Trinajstić information content (AvgIpc) is 3.44. The number of nitrogens with two attached hydrogens (primary N) is 1. The first kappa shape index (κ1) is 26.2. The summed E-state index contributed by atoms with van der Waals surface area (Å²) < 4.78 is 2.04. The molecule has 43 heavy (non-hydrogen) atoms. The van der Waals surface area contributed by atoms with E-state index in [4.69, 9.17) is 21.0 Å². The molecule has 1 aromatic carbocycles. The fourth-order valence-electron chi connectivity index (χ4n) is 5.39. The summed E-state index contributed by atoms with van der Waals surface area (Å²) in [5.74, 6) is 2.09. The Morgan fingerprint density at radius 1 is 0.814 bits per heavy atom. The highest BCUT2D eigenvalue weighted by molar-refractivity contribution is 5.84. The lowest BCUT2D eigenvalue weighted by molar-refractivity contribution is 0.249. The van der Waals surface area contributed by atoms with Crippen LogP contribution in [0.1, 0.15) is 11.4 Å². The highest BCUT2D eigenvalue weighted by Crippen LogP contribution is 2.31. The van der Waals surface area contributed by atoms with Crippen LogP contribution in [0.5, 0.6) is 0 Å². The standard InChI is InChI=1S/C32H27N11/c33-19-28-36-14-11-29(40-28)42-17-15-41(16-18-42)21-22-5-7-24(8-6-22)43-31(25-4-2-13-37-30(25)34)39-27-10-9-26(38-32(27)43)23-3-1-12-35-20-23/h1-14,20H,15-18,21H2,(H2,34,37). The molecule has 2 N–H and O–H groups in total. The Labute approximate surface area is 248 Å². The molecule has 6 heterocycles. The number of nitrogen functional groups attached to an aromatic ring is 1. The van der Waals surface area contributed by atoms with Crippen molar-refractivity contribution in [3.8, 4) is 34.4 Å². The molecule has 6 aromatic rings. The molecule has 0 bridgehead atoms. The van der Waals surface area contributed by atoms with Gasteiger partial charge in [0.15, 0.2) is 11.5 Å². The molecule has 0 aliphatic carbocycles. The third-order valence-corrected chi connectivity index (χ3v) is 7.58. The summed E-state index contributed by atoms with van der Waals surface area (Å²) in [6.45, 7) is 4.29.